The van der Waals surface area contributed by atoms with Gasteiger partial charge in [-0.2, -0.15) is 10.1 Å². The second-order valence-electron chi connectivity index (χ2n) is 4.36. The van der Waals surface area contributed by atoms with Crippen LogP contribution in [0.4, 0.5) is 10.5 Å². The van der Waals surface area contributed by atoms with Gasteiger partial charge in [0.15, 0.2) is 0 Å². The van der Waals surface area contributed by atoms with Gasteiger partial charge in [0.05, 0.1) is 17.9 Å². The van der Waals surface area contributed by atoms with Gasteiger partial charge < -0.3 is 5.32 Å². The fourth-order valence-corrected chi connectivity index (χ4v) is 2.25. The lowest BCUT2D eigenvalue weighted by atomic mass is 10.1. The SMILES string of the molecule is O=C1NCC(c2ccc(Br)cc2)=NN1c1ccccc1. The maximum absolute atomic E-state index is 11.9. The topological polar surface area (TPSA) is 44.7 Å². The summed E-state index contributed by atoms with van der Waals surface area (Å²) in [5.41, 5.74) is 2.58. The predicted octanol–water partition coefficient (Wildman–Crippen LogP) is 3.38. The number of amides is 2. The number of hydrogen-bond acceptors (Lipinski definition) is 2. The largest absolute Gasteiger partial charge is 0.342 e. The Morgan fingerprint density at radius 3 is 2.45 bits per heavy atom. The molecule has 2 amide bonds. The Hall–Kier alpha value is -2.14. The van der Waals surface area contributed by atoms with E-state index in [1.165, 1.54) is 5.01 Å². The number of carbonyl (C=O) groups is 1. The summed E-state index contributed by atoms with van der Waals surface area (Å²) in [7, 11) is 0. The van der Waals surface area contributed by atoms with Crippen LogP contribution in [0.5, 0.6) is 0 Å². The summed E-state index contributed by atoms with van der Waals surface area (Å²) < 4.78 is 1.02. The summed E-state index contributed by atoms with van der Waals surface area (Å²) >= 11 is 3.41. The molecule has 0 spiro atoms. The monoisotopic (exact) mass is 329 g/mol. The lowest BCUT2D eigenvalue weighted by Crippen LogP contribution is -2.45. The summed E-state index contributed by atoms with van der Waals surface area (Å²) in [5, 5.41) is 8.68. The molecule has 1 aliphatic heterocycles. The fourth-order valence-electron chi connectivity index (χ4n) is 1.98. The van der Waals surface area contributed by atoms with E-state index in [0.717, 1.165) is 21.4 Å². The van der Waals surface area contributed by atoms with Crippen LogP contribution >= 0.6 is 15.9 Å². The first-order valence-electron chi connectivity index (χ1n) is 6.20. The lowest BCUT2D eigenvalue weighted by Gasteiger charge is -2.24. The number of para-hydroxylation sites is 1. The minimum atomic E-state index is -0.211. The number of rotatable bonds is 2. The first-order chi connectivity index (χ1) is 9.74. The van der Waals surface area contributed by atoms with Gasteiger partial charge in [-0.05, 0) is 29.8 Å². The Kier molecular flexibility index (Phi) is 3.52. The van der Waals surface area contributed by atoms with Crippen LogP contribution in [0.25, 0.3) is 0 Å². The van der Waals surface area contributed by atoms with E-state index < -0.39 is 0 Å². The molecule has 100 valence electrons. The maximum Gasteiger partial charge on any atom is 0.342 e. The highest BCUT2D eigenvalue weighted by Crippen LogP contribution is 2.18. The molecule has 1 heterocycles. The highest BCUT2D eigenvalue weighted by molar-refractivity contribution is 9.10. The van der Waals surface area contributed by atoms with Gasteiger partial charge in [0.2, 0.25) is 0 Å². The van der Waals surface area contributed by atoms with Crippen LogP contribution in [0.2, 0.25) is 0 Å². The molecule has 0 bridgehead atoms. The van der Waals surface area contributed by atoms with Crippen molar-refractivity contribution in [1.82, 2.24) is 5.32 Å². The van der Waals surface area contributed by atoms with E-state index in [-0.39, 0.29) is 6.03 Å². The van der Waals surface area contributed by atoms with Gasteiger partial charge in [-0.15, -0.1) is 0 Å². The molecule has 0 unspecified atom stereocenters. The van der Waals surface area contributed by atoms with Gasteiger partial charge in [0.1, 0.15) is 0 Å². The van der Waals surface area contributed by atoms with Gasteiger partial charge in [-0.1, -0.05) is 46.3 Å². The van der Waals surface area contributed by atoms with E-state index >= 15 is 0 Å². The number of anilines is 1. The van der Waals surface area contributed by atoms with E-state index in [9.17, 15) is 4.79 Å². The van der Waals surface area contributed by atoms with Gasteiger partial charge >= 0.3 is 6.03 Å². The molecule has 5 heteroatoms. The summed E-state index contributed by atoms with van der Waals surface area (Å²) in [6.45, 7) is 0.434. The average Bonchev–Trinajstić information content (AvgIpc) is 2.50. The number of nitrogens with zero attached hydrogens (tertiary/aromatic N) is 2. The van der Waals surface area contributed by atoms with E-state index in [0.29, 0.717) is 6.54 Å². The van der Waals surface area contributed by atoms with Crippen molar-refractivity contribution in [3.8, 4) is 0 Å². The smallest absolute Gasteiger partial charge is 0.330 e. The van der Waals surface area contributed by atoms with Crippen molar-refractivity contribution in [3.63, 3.8) is 0 Å². The van der Waals surface area contributed by atoms with Crippen LogP contribution in [0, 0.1) is 0 Å². The number of hydrazone groups is 1. The standard InChI is InChI=1S/C15H12BrN3O/c16-12-8-6-11(7-9-12)14-10-17-15(20)19(18-14)13-4-2-1-3-5-13/h1-9H,10H2,(H,17,20). The molecule has 0 saturated heterocycles. The highest BCUT2D eigenvalue weighted by atomic mass is 79.9. The third-order valence-electron chi connectivity index (χ3n) is 3.00. The van der Waals surface area contributed by atoms with Crippen LogP contribution in [0.15, 0.2) is 64.2 Å². The first-order valence-corrected chi connectivity index (χ1v) is 7.00. The van der Waals surface area contributed by atoms with Crippen molar-refractivity contribution in [1.29, 1.82) is 0 Å². The maximum atomic E-state index is 11.9. The third-order valence-corrected chi connectivity index (χ3v) is 3.53. The van der Waals surface area contributed by atoms with Gasteiger partial charge in [-0.3, -0.25) is 0 Å². The van der Waals surface area contributed by atoms with Crippen molar-refractivity contribution in [2.45, 2.75) is 0 Å². The summed E-state index contributed by atoms with van der Waals surface area (Å²) in [5.74, 6) is 0. The molecule has 2 aromatic carbocycles. The molecule has 0 radical (unpaired) electrons. The van der Waals surface area contributed by atoms with Crippen LogP contribution in [-0.4, -0.2) is 18.3 Å². The lowest BCUT2D eigenvalue weighted by molar-refractivity contribution is 0.247. The number of carbonyl (C=O) groups excluding carboxylic acids is 1. The van der Waals surface area contributed by atoms with Crippen LogP contribution in [-0.2, 0) is 0 Å². The molecule has 0 aliphatic carbocycles. The number of halogens is 1. The van der Waals surface area contributed by atoms with E-state index in [1.54, 1.807) is 0 Å². The predicted molar refractivity (Wildman–Crippen MR) is 83.0 cm³/mol. The molecule has 4 nitrogen and oxygen atoms in total. The van der Waals surface area contributed by atoms with Crippen molar-refractivity contribution < 1.29 is 4.79 Å². The molecule has 1 N–H and O–H groups in total. The summed E-state index contributed by atoms with van der Waals surface area (Å²) in [4.78, 5) is 11.9. The molecule has 0 aromatic heterocycles. The number of hydrogen-bond donors (Lipinski definition) is 1. The Bertz CT molecular complexity index is 653. The number of benzene rings is 2. The molecular weight excluding hydrogens is 318 g/mol. The normalized spacial score (nSPS) is 14.8. The molecule has 0 saturated carbocycles. The van der Waals surface area contributed by atoms with Crippen LogP contribution < -0.4 is 10.3 Å². The fraction of sp³-hybridized carbons (Fsp3) is 0.0667. The minimum Gasteiger partial charge on any atom is -0.330 e. The zero-order valence-electron chi connectivity index (χ0n) is 10.6. The summed E-state index contributed by atoms with van der Waals surface area (Å²) in [6.07, 6.45) is 0. The Morgan fingerprint density at radius 2 is 1.75 bits per heavy atom. The Labute approximate surface area is 125 Å². The second kappa shape index (κ2) is 5.46. The molecule has 0 fully saturated rings. The van der Waals surface area contributed by atoms with E-state index in [2.05, 4.69) is 26.3 Å². The van der Waals surface area contributed by atoms with Gasteiger partial charge in [0.25, 0.3) is 0 Å². The van der Waals surface area contributed by atoms with Crippen molar-refractivity contribution in [3.05, 3.63) is 64.6 Å². The minimum absolute atomic E-state index is 0.211. The molecule has 2 aromatic rings. The first kappa shape index (κ1) is 12.9. The van der Waals surface area contributed by atoms with E-state index in [4.69, 9.17) is 0 Å². The molecule has 3 rings (SSSR count). The van der Waals surface area contributed by atoms with Crippen molar-refractivity contribution in [2.24, 2.45) is 5.10 Å². The van der Waals surface area contributed by atoms with Crippen molar-refractivity contribution >= 4 is 33.4 Å². The Morgan fingerprint density at radius 1 is 1.05 bits per heavy atom. The number of nitrogens with one attached hydrogen (secondary N) is 1. The average molecular weight is 330 g/mol. The third kappa shape index (κ3) is 2.58. The molecule has 0 atom stereocenters. The van der Waals surface area contributed by atoms with E-state index in [1.807, 2.05) is 54.6 Å². The van der Waals surface area contributed by atoms with Gasteiger partial charge in [0, 0.05) is 4.47 Å². The van der Waals surface area contributed by atoms with Crippen LogP contribution in [0.3, 0.4) is 0 Å². The quantitative estimate of drug-likeness (QED) is 0.901. The molecular formula is C15H12BrN3O. The zero-order chi connectivity index (χ0) is 13.9. The highest BCUT2D eigenvalue weighted by Gasteiger charge is 2.21. The Balaban J connectivity index is 1.96. The van der Waals surface area contributed by atoms with Gasteiger partial charge in [-0.25, -0.2) is 4.79 Å². The number of urea groups is 1. The van der Waals surface area contributed by atoms with Crippen LogP contribution in [0.1, 0.15) is 5.56 Å². The summed E-state index contributed by atoms with van der Waals surface area (Å²) in [6, 6.07) is 17.0. The second-order valence-corrected chi connectivity index (χ2v) is 5.28. The zero-order valence-corrected chi connectivity index (χ0v) is 12.2. The van der Waals surface area contributed by atoms with Crippen molar-refractivity contribution in [2.75, 3.05) is 11.6 Å². The molecule has 1 aliphatic rings. The molecule has 20 heavy (non-hydrogen) atoms.